The zero-order valence-corrected chi connectivity index (χ0v) is 10.5. The zero-order chi connectivity index (χ0) is 12.2. The van der Waals surface area contributed by atoms with E-state index in [0.29, 0.717) is 5.69 Å². The molecule has 0 aliphatic rings. The first-order valence-corrected chi connectivity index (χ1v) is 5.63. The van der Waals surface area contributed by atoms with E-state index in [1.165, 1.54) is 0 Å². The third-order valence-electron chi connectivity index (χ3n) is 2.22. The second-order valence-electron chi connectivity index (χ2n) is 5.09. The smallest absolute Gasteiger partial charge is 0.146 e. The number of benzene rings is 1. The van der Waals surface area contributed by atoms with E-state index in [9.17, 15) is 4.39 Å². The number of aryl methyl sites for hydroxylation is 1. The van der Waals surface area contributed by atoms with Crippen LogP contribution < -0.4 is 10.6 Å². The zero-order valence-electron chi connectivity index (χ0n) is 10.5. The van der Waals surface area contributed by atoms with Crippen LogP contribution in [0.3, 0.4) is 0 Å². The van der Waals surface area contributed by atoms with Gasteiger partial charge in [0.2, 0.25) is 0 Å². The number of anilines is 1. The fraction of sp³-hybridized carbons (Fsp3) is 0.538. The Kier molecular flexibility index (Phi) is 4.30. The summed E-state index contributed by atoms with van der Waals surface area (Å²) in [5.41, 5.74) is 1.62. The third kappa shape index (κ3) is 4.62. The standard InChI is InChI=1S/C13H21FN2/c1-10-5-6-12(11(14)9-10)15-7-8-16-13(2,3)4/h5-6,9,15-16H,7-8H2,1-4H3. The van der Waals surface area contributed by atoms with Crippen LogP contribution in [0.4, 0.5) is 10.1 Å². The molecule has 2 nitrogen and oxygen atoms in total. The first kappa shape index (κ1) is 13.0. The molecule has 1 aromatic rings. The summed E-state index contributed by atoms with van der Waals surface area (Å²) in [5, 5.41) is 6.41. The monoisotopic (exact) mass is 224 g/mol. The summed E-state index contributed by atoms with van der Waals surface area (Å²) in [5.74, 6) is -0.184. The van der Waals surface area contributed by atoms with Crippen molar-refractivity contribution < 1.29 is 4.39 Å². The lowest BCUT2D eigenvalue weighted by Gasteiger charge is -2.20. The molecular formula is C13H21FN2. The summed E-state index contributed by atoms with van der Waals surface area (Å²) in [6.07, 6.45) is 0. The van der Waals surface area contributed by atoms with Crippen LogP contribution in [0.5, 0.6) is 0 Å². The molecule has 16 heavy (non-hydrogen) atoms. The van der Waals surface area contributed by atoms with E-state index >= 15 is 0 Å². The van der Waals surface area contributed by atoms with E-state index in [4.69, 9.17) is 0 Å². The molecule has 0 aliphatic carbocycles. The Morgan fingerprint density at radius 1 is 1.19 bits per heavy atom. The normalized spacial score (nSPS) is 11.6. The highest BCUT2D eigenvalue weighted by Gasteiger charge is 2.07. The number of hydrogen-bond donors (Lipinski definition) is 2. The van der Waals surface area contributed by atoms with Gasteiger partial charge in [0, 0.05) is 18.6 Å². The molecule has 0 amide bonds. The van der Waals surface area contributed by atoms with E-state index < -0.39 is 0 Å². The molecule has 0 saturated heterocycles. The maximum atomic E-state index is 13.4. The molecule has 0 aliphatic heterocycles. The van der Waals surface area contributed by atoms with Gasteiger partial charge in [0.1, 0.15) is 5.82 Å². The SMILES string of the molecule is Cc1ccc(NCCNC(C)(C)C)c(F)c1. The van der Waals surface area contributed by atoms with Crippen LogP contribution in [-0.4, -0.2) is 18.6 Å². The van der Waals surface area contributed by atoms with E-state index in [0.717, 1.165) is 18.7 Å². The average molecular weight is 224 g/mol. The lowest BCUT2D eigenvalue weighted by molar-refractivity contribution is 0.435. The minimum Gasteiger partial charge on any atom is -0.381 e. The minimum absolute atomic E-state index is 0.105. The number of rotatable bonds is 4. The van der Waals surface area contributed by atoms with Gasteiger partial charge in [0.05, 0.1) is 5.69 Å². The maximum absolute atomic E-state index is 13.4. The van der Waals surface area contributed by atoms with Crippen LogP contribution in [0.1, 0.15) is 26.3 Å². The van der Waals surface area contributed by atoms with Gasteiger partial charge in [-0.1, -0.05) is 6.07 Å². The molecule has 2 N–H and O–H groups in total. The van der Waals surface area contributed by atoms with Gasteiger partial charge < -0.3 is 10.6 Å². The van der Waals surface area contributed by atoms with Gasteiger partial charge in [-0.15, -0.1) is 0 Å². The van der Waals surface area contributed by atoms with Gasteiger partial charge in [0.15, 0.2) is 0 Å². The number of hydrogen-bond acceptors (Lipinski definition) is 2. The highest BCUT2D eigenvalue weighted by molar-refractivity contribution is 5.46. The second kappa shape index (κ2) is 5.30. The van der Waals surface area contributed by atoms with Gasteiger partial charge >= 0.3 is 0 Å². The highest BCUT2D eigenvalue weighted by atomic mass is 19.1. The van der Waals surface area contributed by atoms with Crippen molar-refractivity contribution in [3.63, 3.8) is 0 Å². The molecule has 0 spiro atoms. The second-order valence-corrected chi connectivity index (χ2v) is 5.09. The van der Waals surface area contributed by atoms with Crippen molar-refractivity contribution in [2.75, 3.05) is 18.4 Å². The number of halogens is 1. The molecule has 0 aromatic heterocycles. The molecule has 0 bridgehead atoms. The molecule has 0 unspecified atom stereocenters. The van der Waals surface area contributed by atoms with Crippen molar-refractivity contribution >= 4 is 5.69 Å². The largest absolute Gasteiger partial charge is 0.381 e. The van der Waals surface area contributed by atoms with Crippen LogP contribution in [0.15, 0.2) is 18.2 Å². The van der Waals surface area contributed by atoms with Gasteiger partial charge in [-0.2, -0.15) is 0 Å². The molecular weight excluding hydrogens is 203 g/mol. The fourth-order valence-electron chi connectivity index (χ4n) is 1.40. The molecule has 0 heterocycles. The van der Waals surface area contributed by atoms with Crippen LogP contribution in [0.25, 0.3) is 0 Å². The lowest BCUT2D eigenvalue weighted by Crippen LogP contribution is -2.38. The lowest BCUT2D eigenvalue weighted by atomic mass is 10.1. The molecule has 0 saturated carbocycles. The molecule has 3 heteroatoms. The van der Waals surface area contributed by atoms with Crippen molar-refractivity contribution in [1.29, 1.82) is 0 Å². The van der Waals surface area contributed by atoms with Crippen molar-refractivity contribution in [2.24, 2.45) is 0 Å². The Hall–Kier alpha value is -1.09. The van der Waals surface area contributed by atoms with Gasteiger partial charge in [-0.3, -0.25) is 0 Å². The minimum atomic E-state index is -0.184. The van der Waals surface area contributed by atoms with Gasteiger partial charge in [0.25, 0.3) is 0 Å². The van der Waals surface area contributed by atoms with Crippen LogP contribution in [-0.2, 0) is 0 Å². The molecule has 90 valence electrons. The summed E-state index contributed by atoms with van der Waals surface area (Å²) < 4.78 is 13.4. The summed E-state index contributed by atoms with van der Waals surface area (Å²) >= 11 is 0. The quantitative estimate of drug-likeness (QED) is 0.768. The molecule has 1 aromatic carbocycles. The average Bonchev–Trinajstić information content (AvgIpc) is 2.13. The highest BCUT2D eigenvalue weighted by Crippen LogP contribution is 2.14. The van der Waals surface area contributed by atoms with Crippen LogP contribution >= 0.6 is 0 Å². The number of nitrogens with one attached hydrogen (secondary N) is 2. The van der Waals surface area contributed by atoms with E-state index in [2.05, 4.69) is 31.4 Å². The van der Waals surface area contributed by atoms with Crippen LogP contribution in [0.2, 0.25) is 0 Å². The first-order chi connectivity index (χ1) is 7.38. The van der Waals surface area contributed by atoms with Gasteiger partial charge in [-0.05, 0) is 45.4 Å². The van der Waals surface area contributed by atoms with E-state index in [1.54, 1.807) is 12.1 Å². The Balaban J connectivity index is 2.38. The summed E-state index contributed by atoms with van der Waals surface area (Å²) in [4.78, 5) is 0. The Bertz CT molecular complexity index is 342. The van der Waals surface area contributed by atoms with Crippen molar-refractivity contribution in [3.8, 4) is 0 Å². The Labute approximate surface area is 97.3 Å². The summed E-state index contributed by atoms with van der Waals surface area (Å²) in [6.45, 7) is 9.75. The predicted molar refractivity (Wildman–Crippen MR) is 67.4 cm³/mol. The molecule has 0 fully saturated rings. The predicted octanol–water partition coefficient (Wildman–Crippen LogP) is 2.93. The topological polar surface area (TPSA) is 24.1 Å². The van der Waals surface area contributed by atoms with Crippen LogP contribution in [0, 0.1) is 12.7 Å². The molecule has 0 radical (unpaired) electrons. The van der Waals surface area contributed by atoms with Gasteiger partial charge in [-0.25, -0.2) is 4.39 Å². The maximum Gasteiger partial charge on any atom is 0.146 e. The summed E-state index contributed by atoms with van der Waals surface area (Å²) in [6, 6.07) is 5.23. The van der Waals surface area contributed by atoms with E-state index in [-0.39, 0.29) is 11.4 Å². The van der Waals surface area contributed by atoms with E-state index in [1.807, 2.05) is 13.0 Å². The molecule has 1 rings (SSSR count). The Morgan fingerprint density at radius 3 is 2.44 bits per heavy atom. The van der Waals surface area contributed by atoms with Crippen molar-refractivity contribution in [3.05, 3.63) is 29.6 Å². The third-order valence-corrected chi connectivity index (χ3v) is 2.22. The van der Waals surface area contributed by atoms with Crippen molar-refractivity contribution in [1.82, 2.24) is 5.32 Å². The fourth-order valence-corrected chi connectivity index (χ4v) is 1.40. The molecule has 0 atom stereocenters. The summed E-state index contributed by atoms with van der Waals surface area (Å²) in [7, 11) is 0. The first-order valence-electron chi connectivity index (χ1n) is 5.63. The van der Waals surface area contributed by atoms with Crippen molar-refractivity contribution in [2.45, 2.75) is 33.2 Å². The Morgan fingerprint density at radius 2 is 1.88 bits per heavy atom.